The van der Waals surface area contributed by atoms with Crippen molar-refractivity contribution in [3.8, 4) is 5.75 Å². The molecule has 2 aromatic carbocycles. The first-order chi connectivity index (χ1) is 17.9. The van der Waals surface area contributed by atoms with Crippen LogP contribution >= 0.6 is 0 Å². The number of rotatable bonds is 9. The summed E-state index contributed by atoms with van der Waals surface area (Å²) in [5.41, 5.74) is 5.79. The Morgan fingerprint density at radius 1 is 1.16 bits per heavy atom. The number of para-hydroxylation sites is 1. The van der Waals surface area contributed by atoms with Gasteiger partial charge in [-0.15, -0.1) is 0 Å². The molecule has 0 bridgehead atoms. The van der Waals surface area contributed by atoms with Crippen molar-refractivity contribution in [1.29, 1.82) is 0 Å². The van der Waals surface area contributed by atoms with Crippen LogP contribution in [0.3, 0.4) is 0 Å². The molecule has 6 rings (SSSR count). The Labute approximate surface area is 215 Å². The maximum Gasteiger partial charge on any atom is 0.255 e. The fraction of sp³-hybridized carbons (Fsp3) is 0.400. The summed E-state index contributed by atoms with van der Waals surface area (Å²) in [7, 11) is 0. The first kappa shape index (κ1) is 24.0. The zero-order valence-electron chi connectivity index (χ0n) is 20.9. The number of nitrogens with zero attached hydrogens (tertiary/aromatic N) is 2. The van der Waals surface area contributed by atoms with E-state index in [4.69, 9.17) is 9.47 Å². The van der Waals surface area contributed by atoms with Crippen LogP contribution in [0.4, 0.5) is 8.78 Å². The summed E-state index contributed by atoms with van der Waals surface area (Å²) < 4.78 is 36.9. The van der Waals surface area contributed by atoms with Crippen molar-refractivity contribution >= 4 is 5.91 Å². The van der Waals surface area contributed by atoms with E-state index in [0.29, 0.717) is 30.4 Å². The molecule has 3 heterocycles. The number of pyridine rings is 1. The maximum atomic E-state index is 13.4. The van der Waals surface area contributed by atoms with Crippen LogP contribution in [-0.2, 0) is 11.3 Å². The molecule has 1 aromatic heterocycles. The number of hydrogen-bond donors (Lipinski definition) is 0. The van der Waals surface area contributed by atoms with E-state index in [1.54, 1.807) is 12.3 Å². The molecular formula is C30H30F2N2O3. The number of epoxide rings is 1. The average Bonchev–Trinajstić information content (AvgIpc) is 3.81. The number of amides is 1. The number of fused-ring (bicyclic) bond motifs is 1. The van der Waals surface area contributed by atoms with Crippen LogP contribution in [-0.4, -0.2) is 28.5 Å². The molecule has 5 atom stereocenters. The van der Waals surface area contributed by atoms with Crippen molar-refractivity contribution in [1.82, 2.24) is 9.88 Å². The van der Waals surface area contributed by atoms with E-state index in [2.05, 4.69) is 30.1 Å². The summed E-state index contributed by atoms with van der Waals surface area (Å²) in [6.07, 6.45) is 0.281. The molecule has 1 amide bonds. The molecule has 1 aliphatic carbocycles. The minimum Gasteiger partial charge on any atom is -0.462 e. The highest BCUT2D eigenvalue weighted by atomic mass is 19.3. The Bertz CT molecular complexity index is 1320. The summed E-state index contributed by atoms with van der Waals surface area (Å²) in [5, 5.41) is 0. The monoisotopic (exact) mass is 504 g/mol. The standard InChI is InChI=1S/C30H30F2N2O3/c1-17-14-19(8-10-22(17)24-15-20(24)9-11-26(31)32)18(2)34-16-25-23(29(34)35)12-13-33-27(25)28-30(37-28)36-21-6-4-3-5-7-21/h3-8,10,12-14,18,20,24,26,28,30H,9,11,15-16H2,1-2H3. The second-order valence-corrected chi connectivity index (χ2v) is 10.4. The molecule has 5 unspecified atom stereocenters. The predicted octanol–water partition coefficient (Wildman–Crippen LogP) is 6.73. The van der Waals surface area contributed by atoms with Crippen LogP contribution < -0.4 is 4.74 Å². The van der Waals surface area contributed by atoms with Crippen LogP contribution in [0.2, 0.25) is 0 Å². The van der Waals surface area contributed by atoms with Crippen molar-refractivity contribution in [2.45, 2.75) is 70.4 Å². The molecule has 2 aliphatic heterocycles. The Morgan fingerprint density at radius 3 is 2.73 bits per heavy atom. The van der Waals surface area contributed by atoms with Crippen LogP contribution in [0.1, 0.15) is 82.6 Å². The lowest BCUT2D eigenvalue weighted by molar-refractivity contribution is 0.0715. The molecule has 3 aromatic rings. The molecule has 5 nitrogen and oxygen atoms in total. The van der Waals surface area contributed by atoms with E-state index in [9.17, 15) is 13.6 Å². The number of aromatic nitrogens is 1. The lowest BCUT2D eigenvalue weighted by atomic mass is 9.96. The summed E-state index contributed by atoms with van der Waals surface area (Å²) >= 11 is 0. The second kappa shape index (κ2) is 9.53. The van der Waals surface area contributed by atoms with Crippen LogP contribution in [0.5, 0.6) is 5.75 Å². The Balaban J connectivity index is 1.15. The normalized spacial score (nSPS) is 24.8. The van der Waals surface area contributed by atoms with E-state index in [-0.39, 0.29) is 24.5 Å². The number of carbonyl (C=O) groups is 1. The predicted molar refractivity (Wildman–Crippen MR) is 134 cm³/mol. The third-order valence-electron chi connectivity index (χ3n) is 7.95. The molecule has 37 heavy (non-hydrogen) atoms. The fourth-order valence-corrected chi connectivity index (χ4v) is 5.69. The maximum absolute atomic E-state index is 13.4. The van der Waals surface area contributed by atoms with E-state index in [1.165, 1.54) is 5.56 Å². The molecule has 192 valence electrons. The number of aryl methyl sites for hydroxylation is 1. The van der Waals surface area contributed by atoms with Gasteiger partial charge in [0.05, 0.1) is 11.7 Å². The zero-order chi connectivity index (χ0) is 25.7. The number of alkyl halides is 2. The van der Waals surface area contributed by atoms with Crippen molar-refractivity contribution in [2.75, 3.05) is 0 Å². The molecule has 0 radical (unpaired) electrons. The third kappa shape index (κ3) is 4.73. The molecule has 7 heteroatoms. The largest absolute Gasteiger partial charge is 0.462 e. The first-order valence-electron chi connectivity index (χ1n) is 12.9. The highest BCUT2D eigenvalue weighted by Gasteiger charge is 2.47. The molecule has 2 fully saturated rings. The lowest BCUT2D eigenvalue weighted by Gasteiger charge is -2.25. The van der Waals surface area contributed by atoms with Crippen molar-refractivity contribution in [3.63, 3.8) is 0 Å². The summed E-state index contributed by atoms with van der Waals surface area (Å²) in [5.74, 6) is 1.46. The Morgan fingerprint density at radius 2 is 1.97 bits per heavy atom. The number of hydrogen-bond acceptors (Lipinski definition) is 4. The summed E-state index contributed by atoms with van der Waals surface area (Å²) in [6, 6.07) is 17.5. The zero-order valence-corrected chi connectivity index (χ0v) is 20.9. The van der Waals surface area contributed by atoms with Gasteiger partial charge in [-0.2, -0.15) is 0 Å². The van der Waals surface area contributed by atoms with Gasteiger partial charge >= 0.3 is 0 Å². The number of carbonyl (C=O) groups excluding carboxylic acids is 1. The summed E-state index contributed by atoms with van der Waals surface area (Å²) in [4.78, 5) is 19.8. The number of benzene rings is 2. The van der Waals surface area contributed by atoms with E-state index in [1.807, 2.05) is 42.2 Å². The van der Waals surface area contributed by atoms with Gasteiger partial charge in [-0.1, -0.05) is 36.4 Å². The van der Waals surface area contributed by atoms with Crippen molar-refractivity contribution in [3.05, 3.63) is 94.3 Å². The van der Waals surface area contributed by atoms with Crippen molar-refractivity contribution < 1.29 is 23.0 Å². The van der Waals surface area contributed by atoms with E-state index < -0.39 is 12.7 Å². The first-order valence-corrected chi connectivity index (χ1v) is 12.9. The molecule has 3 aliphatic rings. The van der Waals surface area contributed by atoms with Gasteiger partial charge in [0.15, 0.2) is 6.10 Å². The van der Waals surface area contributed by atoms with Crippen LogP contribution in [0.15, 0.2) is 60.8 Å². The molecule has 1 saturated heterocycles. The summed E-state index contributed by atoms with van der Waals surface area (Å²) in [6.45, 7) is 4.59. The van der Waals surface area contributed by atoms with Gasteiger partial charge in [0, 0.05) is 30.3 Å². The van der Waals surface area contributed by atoms with Gasteiger partial charge in [0.2, 0.25) is 12.7 Å². The van der Waals surface area contributed by atoms with Gasteiger partial charge in [-0.3, -0.25) is 9.78 Å². The SMILES string of the molecule is Cc1cc(C(C)N2Cc3c(ccnc3C3OC3Oc3ccccc3)C2=O)ccc1C1CC1CCC(F)F. The highest BCUT2D eigenvalue weighted by Crippen LogP contribution is 2.51. The van der Waals surface area contributed by atoms with Gasteiger partial charge in [-0.05, 0) is 73.4 Å². The fourth-order valence-electron chi connectivity index (χ4n) is 5.69. The van der Waals surface area contributed by atoms with Gasteiger partial charge < -0.3 is 14.4 Å². The number of ether oxygens (including phenoxy) is 2. The van der Waals surface area contributed by atoms with Gasteiger partial charge in [-0.25, -0.2) is 8.78 Å². The van der Waals surface area contributed by atoms with E-state index >= 15 is 0 Å². The van der Waals surface area contributed by atoms with Crippen LogP contribution in [0.25, 0.3) is 0 Å². The Kier molecular flexibility index (Phi) is 6.19. The van der Waals surface area contributed by atoms with Gasteiger partial charge in [0.1, 0.15) is 5.75 Å². The average molecular weight is 505 g/mol. The molecule has 0 N–H and O–H groups in total. The lowest BCUT2D eigenvalue weighted by Crippen LogP contribution is -2.27. The molecule has 1 saturated carbocycles. The topological polar surface area (TPSA) is 55.0 Å². The minimum atomic E-state index is -2.22. The smallest absolute Gasteiger partial charge is 0.255 e. The van der Waals surface area contributed by atoms with Gasteiger partial charge in [0.25, 0.3) is 5.91 Å². The third-order valence-corrected chi connectivity index (χ3v) is 7.95. The molecule has 0 spiro atoms. The van der Waals surface area contributed by atoms with Crippen molar-refractivity contribution in [2.24, 2.45) is 5.92 Å². The highest BCUT2D eigenvalue weighted by molar-refractivity contribution is 5.98. The molecular weight excluding hydrogens is 474 g/mol. The second-order valence-electron chi connectivity index (χ2n) is 10.4. The number of halogens is 2. The van der Waals surface area contributed by atoms with E-state index in [0.717, 1.165) is 34.6 Å². The quantitative estimate of drug-likeness (QED) is 0.303. The van der Waals surface area contributed by atoms with Crippen LogP contribution in [0, 0.1) is 12.8 Å². The Hall–Kier alpha value is -3.32. The minimum absolute atomic E-state index is 0.0108.